The fourth-order valence-electron chi connectivity index (χ4n) is 3.58. The summed E-state index contributed by atoms with van der Waals surface area (Å²) in [6.45, 7) is 0.909. The summed E-state index contributed by atoms with van der Waals surface area (Å²) in [4.78, 5) is 30.1. The Labute approximate surface area is 161 Å². The monoisotopic (exact) mass is 374 g/mol. The Balaban J connectivity index is 1.51. The van der Waals surface area contributed by atoms with Crippen molar-refractivity contribution < 1.29 is 9.53 Å². The quantitative estimate of drug-likeness (QED) is 0.758. The summed E-state index contributed by atoms with van der Waals surface area (Å²) in [5.74, 6) is 1.82. The van der Waals surface area contributed by atoms with Gasteiger partial charge in [-0.2, -0.15) is 0 Å². The summed E-state index contributed by atoms with van der Waals surface area (Å²) in [5, 5.41) is 2.86. The molecule has 0 bridgehead atoms. The Hall–Kier alpha value is -3.68. The van der Waals surface area contributed by atoms with E-state index in [1.54, 1.807) is 36.7 Å². The van der Waals surface area contributed by atoms with E-state index in [0.29, 0.717) is 17.4 Å². The summed E-state index contributed by atoms with van der Waals surface area (Å²) in [6, 6.07) is 11.0. The van der Waals surface area contributed by atoms with Gasteiger partial charge in [0.05, 0.1) is 24.7 Å². The highest BCUT2D eigenvalue weighted by Gasteiger charge is 2.46. The Kier molecular flexibility index (Phi) is 3.82. The molecule has 0 saturated carbocycles. The zero-order valence-electron chi connectivity index (χ0n) is 15.2. The van der Waals surface area contributed by atoms with Crippen molar-refractivity contribution in [3.8, 4) is 17.0 Å². The van der Waals surface area contributed by atoms with E-state index in [9.17, 15) is 4.79 Å². The van der Waals surface area contributed by atoms with Crippen molar-refractivity contribution in [3.63, 3.8) is 0 Å². The van der Waals surface area contributed by atoms with Crippen molar-refractivity contribution in [1.29, 1.82) is 0 Å². The lowest BCUT2D eigenvalue weighted by atomic mass is 10.1. The van der Waals surface area contributed by atoms with Gasteiger partial charge in [0.2, 0.25) is 0 Å². The van der Waals surface area contributed by atoms with Gasteiger partial charge in [0, 0.05) is 30.9 Å². The van der Waals surface area contributed by atoms with Crippen LogP contribution < -0.4 is 19.9 Å². The molecule has 2 amide bonds. The first-order valence-corrected chi connectivity index (χ1v) is 9.03. The van der Waals surface area contributed by atoms with Crippen molar-refractivity contribution in [1.82, 2.24) is 15.0 Å². The van der Waals surface area contributed by atoms with E-state index in [-0.39, 0.29) is 12.2 Å². The standard InChI is InChI=1S/C20H18N6O2/c1-28-14-10-13(11-21-12-14)15-5-6-16-19(23-15)26(18-7-9-25(16)18)20(27)24-17-4-2-3-8-22-17/h2-6,8,10-12,18H,7,9H2,1H3,(H,22,24,27). The lowest BCUT2D eigenvalue weighted by Crippen LogP contribution is -2.56. The topological polar surface area (TPSA) is 83.5 Å². The van der Waals surface area contributed by atoms with E-state index in [0.717, 1.165) is 29.9 Å². The zero-order chi connectivity index (χ0) is 19.1. The summed E-state index contributed by atoms with van der Waals surface area (Å²) >= 11 is 0. The molecular formula is C20H18N6O2. The molecule has 1 fully saturated rings. The van der Waals surface area contributed by atoms with Gasteiger partial charge < -0.3 is 9.64 Å². The predicted molar refractivity (Wildman–Crippen MR) is 106 cm³/mol. The van der Waals surface area contributed by atoms with Gasteiger partial charge in [0.15, 0.2) is 5.82 Å². The smallest absolute Gasteiger partial charge is 0.330 e. The Bertz CT molecular complexity index is 1040. The number of ether oxygens (including phenoxy) is 1. The number of pyridine rings is 3. The van der Waals surface area contributed by atoms with Gasteiger partial charge in [0.25, 0.3) is 0 Å². The first kappa shape index (κ1) is 16.5. The fourth-order valence-corrected chi connectivity index (χ4v) is 3.58. The molecule has 1 atom stereocenters. The molecule has 5 heterocycles. The third kappa shape index (κ3) is 2.61. The second-order valence-corrected chi connectivity index (χ2v) is 6.63. The molecule has 140 valence electrons. The van der Waals surface area contributed by atoms with E-state index < -0.39 is 0 Å². The number of urea groups is 1. The molecule has 3 aromatic rings. The summed E-state index contributed by atoms with van der Waals surface area (Å²) in [7, 11) is 1.60. The Morgan fingerprint density at radius 2 is 2.18 bits per heavy atom. The van der Waals surface area contributed by atoms with E-state index in [1.807, 2.05) is 30.3 Å². The molecule has 1 saturated heterocycles. The molecule has 0 radical (unpaired) electrons. The minimum Gasteiger partial charge on any atom is -0.495 e. The van der Waals surface area contributed by atoms with Gasteiger partial charge in [0.1, 0.15) is 17.7 Å². The van der Waals surface area contributed by atoms with E-state index in [4.69, 9.17) is 9.72 Å². The minimum absolute atomic E-state index is 0.00935. The number of aromatic nitrogens is 3. The molecule has 8 heteroatoms. The average Bonchev–Trinajstić information content (AvgIpc) is 2.94. The van der Waals surface area contributed by atoms with E-state index in [1.165, 1.54) is 0 Å². The van der Waals surface area contributed by atoms with Gasteiger partial charge >= 0.3 is 6.03 Å². The van der Waals surface area contributed by atoms with Crippen molar-refractivity contribution >= 4 is 23.4 Å². The first-order valence-electron chi connectivity index (χ1n) is 9.03. The fraction of sp³-hybridized carbons (Fsp3) is 0.200. The maximum absolute atomic E-state index is 13.0. The van der Waals surface area contributed by atoms with Crippen LogP contribution >= 0.6 is 0 Å². The number of carbonyl (C=O) groups excluding carboxylic acids is 1. The van der Waals surface area contributed by atoms with Crippen LogP contribution in [0, 0.1) is 0 Å². The number of fused-ring (bicyclic) bond motifs is 3. The summed E-state index contributed by atoms with van der Waals surface area (Å²) in [6.07, 6.45) is 5.93. The van der Waals surface area contributed by atoms with Crippen LogP contribution in [-0.4, -0.2) is 40.8 Å². The maximum atomic E-state index is 13.0. The maximum Gasteiger partial charge on any atom is 0.330 e. The van der Waals surface area contributed by atoms with Crippen LogP contribution in [0.4, 0.5) is 22.1 Å². The lowest BCUT2D eigenvalue weighted by Gasteiger charge is -2.39. The van der Waals surface area contributed by atoms with Crippen LogP contribution in [0.15, 0.2) is 55.0 Å². The third-order valence-corrected chi connectivity index (χ3v) is 5.04. The van der Waals surface area contributed by atoms with Crippen LogP contribution in [-0.2, 0) is 0 Å². The molecule has 0 aliphatic carbocycles. The van der Waals surface area contributed by atoms with Crippen molar-refractivity contribution in [2.45, 2.75) is 12.6 Å². The number of nitrogens with one attached hydrogen (secondary N) is 1. The van der Waals surface area contributed by atoms with E-state index >= 15 is 0 Å². The van der Waals surface area contributed by atoms with Gasteiger partial charge in [-0.25, -0.2) is 14.8 Å². The number of amides is 2. The first-order chi connectivity index (χ1) is 13.7. The molecule has 5 rings (SSSR count). The molecule has 2 aliphatic rings. The van der Waals surface area contributed by atoms with Crippen molar-refractivity contribution in [2.24, 2.45) is 0 Å². The molecule has 28 heavy (non-hydrogen) atoms. The number of methoxy groups -OCH3 is 1. The highest BCUT2D eigenvalue weighted by molar-refractivity contribution is 6.06. The average molecular weight is 374 g/mol. The van der Waals surface area contributed by atoms with Crippen LogP contribution in [0.5, 0.6) is 5.75 Å². The lowest BCUT2D eigenvalue weighted by molar-refractivity contribution is 0.252. The summed E-state index contributed by atoms with van der Waals surface area (Å²) < 4.78 is 5.26. The highest BCUT2D eigenvalue weighted by Crippen LogP contribution is 2.45. The predicted octanol–water partition coefficient (Wildman–Crippen LogP) is 3.14. The Morgan fingerprint density at radius 3 is 2.93 bits per heavy atom. The van der Waals surface area contributed by atoms with Crippen LogP contribution in [0.2, 0.25) is 0 Å². The SMILES string of the molecule is COc1cncc(-c2ccc3c(n2)N(C(=O)Nc2ccccn2)C2CCN32)c1. The molecular weight excluding hydrogens is 356 g/mol. The van der Waals surface area contributed by atoms with Gasteiger partial charge in [-0.1, -0.05) is 6.07 Å². The largest absolute Gasteiger partial charge is 0.495 e. The second kappa shape index (κ2) is 6.49. The van der Waals surface area contributed by atoms with Gasteiger partial charge in [-0.3, -0.25) is 15.2 Å². The molecule has 3 aromatic heterocycles. The molecule has 0 spiro atoms. The Morgan fingerprint density at radius 1 is 1.25 bits per heavy atom. The van der Waals surface area contributed by atoms with Gasteiger partial charge in [-0.05, 0) is 30.3 Å². The number of carbonyl (C=O) groups is 1. The molecule has 8 nitrogen and oxygen atoms in total. The van der Waals surface area contributed by atoms with Crippen LogP contribution in [0.1, 0.15) is 6.42 Å². The number of rotatable bonds is 3. The zero-order valence-corrected chi connectivity index (χ0v) is 15.2. The molecule has 1 N–H and O–H groups in total. The molecule has 0 aromatic carbocycles. The second-order valence-electron chi connectivity index (χ2n) is 6.63. The normalized spacial score (nSPS) is 16.8. The van der Waals surface area contributed by atoms with Gasteiger partial charge in [-0.15, -0.1) is 0 Å². The number of nitrogens with zero attached hydrogens (tertiary/aromatic N) is 5. The molecule has 1 unspecified atom stereocenters. The van der Waals surface area contributed by atoms with Crippen molar-refractivity contribution in [2.75, 3.05) is 28.8 Å². The van der Waals surface area contributed by atoms with Crippen molar-refractivity contribution in [3.05, 3.63) is 55.0 Å². The molecule has 2 aliphatic heterocycles. The van der Waals surface area contributed by atoms with Crippen LogP contribution in [0.25, 0.3) is 11.3 Å². The van der Waals surface area contributed by atoms with Crippen LogP contribution in [0.3, 0.4) is 0 Å². The number of hydrogen-bond donors (Lipinski definition) is 1. The summed E-state index contributed by atoms with van der Waals surface area (Å²) in [5.41, 5.74) is 2.54. The third-order valence-electron chi connectivity index (χ3n) is 5.04. The highest BCUT2D eigenvalue weighted by atomic mass is 16.5. The minimum atomic E-state index is -0.236. The number of anilines is 3. The number of hydrogen-bond acceptors (Lipinski definition) is 6. The van der Waals surface area contributed by atoms with E-state index in [2.05, 4.69) is 20.2 Å².